The van der Waals surface area contributed by atoms with Gasteiger partial charge < -0.3 is 35.8 Å². The molecule has 9 aromatic heterocycles. The Morgan fingerprint density at radius 3 is 1.33 bits per heavy atom. The second-order valence-corrected chi connectivity index (χ2v) is 36.4. The summed E-state index contributed by atoms with van der Waals surface area (Å²) in [7, 11) is 0. The number of aromatic nitrogens is 12. The van der Waals surface area contributed by atoms with E-state index < -0.39 is 0 Å². The van der Waals surface area contributed by atoms with E-state index in [-0.39, 0.29) is 54.3 Å². The number of pyridine rings is 3. The SMILES string of the molecule is CC(C)(C)c1ccnc(-n2c3[c-]c(Oc4[c-]c(-n5[cH+]n(Cc6ccccc6)c6ccccc65)ccc4)ccc3c3ccccc32)c1.CC(C)(C)c1ccnc(-n2c3ccccc3c3ccc(Oc4cccc(-n5c[n+](Cc6ccccc6)c6ccccc65)c4)cc32)c1.CC(C)(C)c1ccnc(-n2c3ccccc3c3ccc(Oc4cccc(-n5cnc6ccccc65)c4)cc32)c1.[Br-].[Pt]. The fraction of sp³-hybridized carbons (Fsp3) is 0.121. The van der Waals surface area contributed by atoms with Crippen molar-refractivity contribution in [2.45, 2.75) is 91.6 Å². The number of benzene rings is 14. The predicted molar refractivity (Wildman–Crippen MR) is 531 cm³/mol. The Hall–Kier alpha value is -15.1. The molecule has 0 aliphatic heterocycles. The summed E-state index contributed by atoms with van der Waals surface area (Å²) in [5.74, 6) is 7.00. The molecule has 23 rings (SSSR count). The molecular weight excluding hydrogens is 1880 g/mol. The number of hydrogen-bond acceptors (Lipinski definition) is 7. The van der Waals surface area contributed by atoms with E-state index in [1.807, 2.05) is 97.7 Å². The number of imidazole rings is 3. The van der Waals surface area contributed by atoms with Gasteiger partial charge in [-0.3, -0.25) is 13.7 Å². The summed E-state index contributed by atoms with van der Waals surface area (Å²) in [5, 5.41) is 6.97. The fourth-order valence-corrected chi connectivity index (χ4v) is 17.9. The summed E-state index contributed by atoms with van der Waals surface area (Å²) >= 11 is 0. The second-order valence-electron chi connectivity index (χ2n) is 36.4. The first-order chi connectivity index (χ1) is 63.8. The summed E-state index contributed by atoms with van der Waals surface area (Å²) in [4.78, 5) is 18.9. The van der Waals surface area contributed by atoms with Gasteiger partial charge >= 0.3 is 0 Å². The van der Waals surface area contributed by atoms with Gasteiger partial charge in [0.15, 0.2) is 28.4 Å². The van der Waals surface area contributed by atoms with Gasteiger partial charge in [0.2, 0.25) is 6.33 Å². The van der Waals surface area contributed by atoms with Gasteiger partial charge in [0.1, 0.15) is 59.0 Å². The van der Waals surface area contributed by atoms with Crippen LogP contribution in [-0.4, -0.2) is 51.9 Å². The quantitative estimate of drug-likeness (QED) is 0.0698. The first-order valence-electron chi connectivity index (χ1n) is 44.5. The summed E-state index contributed by atoms with van der Waals surface area (Å²) in [6.07, 6.45) is 11.9. The minimum atomic E-state index is 0. The molecule has 0 bridgehead atoms. The van der Waals surface area contributed by atoms with Crippen LogP contribution in [0.25, 0.3) is 133 Å². The Labute approximate surface area is 797 Å². The maximum Gasteiger partial charge on any atom is 0.250 e. The molecular formula is C116H96BrN12O3Pt-. The topological polar surface area (TPSA) is 118 Å². The molecule has 14 aromatic carbocycles. The normalized spacial score (nSPS) is 11.7. The zero-order chi connectivity index (χ0) is 89.1. The average Bonchev–Trinajstić information content (AvgIpc) is 1.60. The molecule has 17 heteroatoms. The van der Waals surface area contributed by atoms with Crippen LogP contribution in [0.1, 0.15) is 90.1 Å². The van der Waals surface area contributed by atoms with Gasteiger partial charge in [0.05, 0.1) is 45.3 Å². The maximum atomic E-state index is 6.57. The zero-order valence-electron chi connectivity index (χ0n) is 75.2. The molecule has 133 heavy (non-hydrogen) atoms. The number of nitrogens with zero attached hydrogens (tertiary/aromatic N) is 12. The molecule has 0 aliphatic carbocycles. The molecule has 0 radical (unpaired) electrons. The molecule has 23 aromatic rings. The van der Waals surface area contributed by atoms with Crippen molar-refractivity contribution in [3.63, 3.8) is 0 Å². The molecule has 15 nitrogen and oxygen atoms in total. The van der Waals surface area contributed by atoms with Crippen molar-refractivity contribution in [2.24, 2.45) is 0 Å². The van der Waals surface area contributed by atoms with Crippen LogP contribution in [0.4, 0.5) is 0 Å². The molecule has 0 saturated heterocycles. The number of para-hydroxylation sites is 9. The second kappa shape index (κ2) is 36.3. The first kappa shape index (κ1) is 87.2. The molecule has 9 heterocycles. The molecule has 0 fully saturated rings. The van der Waals surface area contributed by atoms with Crippen LogP contribution in [0, 0.1) is 12.1 Å². The van der Waals surface area contributed by atoms with Crippen LogP contribution in [0.2, 0.25) is 0 Å². The number of fused-ring (bicyclic) bond motifs is 12. The van der Waals surface area contributed by atoms with E-state index in [0.29, 0.717) is 11.5 Å². The van der Waals surface area contributed by atoms with Gasteiger partial charge in [-0.1, -0.05) is 226 Å². The van der Waals surface area contributed by atoms with Gasteiger partial charge in [-0.2, -0.15) is 16.7 Å². The predicted octanol–water partition coefficient (Wildman–Crippen LogP) is 25.1. The number of hydrogen-bond donors (Lipinski definition) is 0. The van der Waals surface area contributed by atoms with Crippen molar-refractivity contribution in [3.8, 4) is 69.0 Å². The third kappa shape index (κ3) is 17.5. The van der Waals surface area contributed by atoms with Crippen LogP contribution >= 0.6 is 0 Å². The Morgan fingerprint density at radius 1 is 0.331 bits per heavy atom. The van der Waals surface area contributed by atoms with E-state index in [2.05, 4.69) is 414 Å². The van der Waals surface area contributed by atoms with Crippen LogP contribution in [0.5, 0.6) is 34.5 Å². The standard InChI is InChI=1S/C41H35N4O.C41H33N4O.C34H28N4O.BrH.Pt/c2*1-41(2,3)30-22-23-42-40(24-30)45-36-17-8-7-16-34(36)35-21-20-33(26-39(35)45)46-32-15-11-14-31(25-32)44-28-43(27-29-12-5-4-6-13-29)37-18-9-10-19-38(37)44;1-34(2,3)23-17-18-35-33(19-23)38-30-13-6-4-11-27(30)28-16-15-26(21-32(28)38)39-25-10-8-9-24(20-25)37-22-36-29-12-5-7-14-31(29)37;;/h4-26,28H,27H2,1-3H3;4-24,28H,27H2,1-3H3;4-22H,1-3H3;1H;/q+1;-1;;;/p-1. The minimum absolute atomic E-state index is 0. The third-order valence-corrected chi connectivity index (χ3v) is 24.5. The van der Waals surface area contributed by atoms with E-state index in [1.54, 1.807) is 0 Å². The van der Waals surface area contributed by atoms with E-state index >= 15 is 0 Å². The van der Waals surface area contributed by atoms with Crippen molar-refractivity contribution >= 4 is 98.5 Å². The van der Waals surface area contributed by atoms with Crippen molar-refractivity contribution in [2.75, 3.05) is 0 Å². The van der Waals surface area contributed by atoms with Crippen molar-refractivity contribution in [1.82, 2.24) is 51.9 Å². The Balaban J connectivity index is 0.000000128. The fourth-order valence-electron chi connectivity index (χ4n) is 17.9. The molecule has 656 valence electrons. The Bertz CT molecular complexity index is 7910. The molecule has 0 amide bonds. The zero-order valence-corrected chi connectivity index (χ0v) is 79.1. The molecule has 0 N–H and O–H groups in total. The summed E-state index contributed by atoms with van der Waals surface area (Å²) < 4.78 is 37.2. The van der Waals surface area contributed by atoms with E-state index in [0.717, 1.165) is 142 Å². The van der Waals surface area contributed by atoms with Crippen molar-refractivity contribution in [1.29, 1.82) is 0 Å². The van der Waals surface area contributed by atoms with E-state index in [1.165, 1.54) is 54.9 Å². The molecule has 0 unspecified atom stereocenters. The van der Waals surface area contributed by atoms with E-state index in [9.17, 15) is 0 Å². The van der Waals surface area contributed by atoms with Gasteiger partial charge in [0.25, 0.3) is 0 Å². The van der Waals surface area contributed by atoms with Crippen LogP contribution in [-0.2, 0) is 50.4 Å². The van der Waals surface area contributed by atoms with Gasteiger partial charge in [-0.25, -0.2) is 33.6 Å². The molecule has 0 aliphatic rings. The minimum Gasteiger partial charge on any atom is -1.00 e. The monoisotopic (exact) mass is 1980 g/mol. The average molecular weight is 1980 g/mol. The molecule has 0 spiro atoms. The van der Waals surface area contributed by atoms with Crippen LogP contribution in [0.15, 0.2) is 395 Å². The molecule has 0 atom stereocenters. The van der Waals surface area contributed by atoms with Gasteiger partial charge in [-0.05, 0) is 189 Å². The number of ether oxygens (including phenoxy) is 3. The van der Waals surface area contributed by atoms with Gasteiger partial charge in [0, 0.05) is 120 Å². The van der Waals surface area contributed by atoms with Crippen molar-refractivity contribution in [3.05, 3.63) is 435 Å². The Kier molecular flexibility index (Phi) is 23.8. The summed E-state index contributed by atoms with van der Waals surface area (Å²) in [6, 6.07) is 131. The largest absolute Gasteiger partial charge is 1.00 e. The third-order valence-electron chi connectivity index (χ3n) is 24.5. The smallest absolute Gasteiger partial charge is 0.250 e. The van der Waals surface area contributed by atoms with Crippen molar-refractivity contribution < 1.29 is 56.8 Å². The summed E-state index contributed by atoms with van der Waals surface area (Å²) in [6.45, 7) is 21.6. The van der Waals surface area contributed by atoms with E-state index in [4.69, 9.17) is 29.2 Å². The van der Waals surface area contributed by atoms with Crippen LogP contribution in [0.3, 0.4) is 0 Å². The number of halogens is 1. The first-order valence-corrected chi connectivity index (χ1v) is 44.5. The summed E-state index contributed by atoms with van der Waals surface area (Å²) in [5.41, 5.74) is 22.2. The maximum absolute atomic E-state index is 6.57. The van der Waals surface area contributed by atoms with Crippen LogP contribution < -0.4 is 35.8 Å². The van der Waals surface area contributed by atoms with Gasteiger partial charge in [-0.15, -0.1) is 29.7 Å². The number of rotatable bonds is 16. The Morgan fingerprint density at radius 2 is 0.767 bits per heavy atom. The molecule has 0 saturated carbocycles.